The number of nitrogens with zero attached hydrogens (tertiary/aromatic N) is 2. The van der Waals surface area contributed by atoms with E-state index < -0.39 is 0 Å². The fraction of sp³-hybridized carbons (Fsp3) is 0. The molecule has 0 saturated carbocycles. The molecule has 0 radical (unpaired) electrons. The fourth-order valence-electron chi connectivity index (χ4n) is 6.45. The zero-order valence-electron chi connectivity index (χ0n) is 20.3. The molecule has 38 heavy (non-hydrogen) atoms. The molecule has 3 heterocycles. The lowest BCUT2D eigenvalue weighted by atomic mass is 9.94. The Morgan fingerprint density at radius 3 is 1.87 bits per heavy atom. The third kappa shape index (κ3) is 2.59. The van der Waals surface area contributed by atoms with Gasteiger partial charge in [0.15, 0.2) is 0 Å². The molecule has 0 aliphatic heterocycles. The fourth-order valence-corrected chi connectivity index (χ4v) is 7.50. The number of thiophene rings is 1. The first-order chi connectivity index (χ1) is 18.9. The average Bonchev–Trinajstić information content (AvgIpc) is 3.53. The predicted octanol–water partition coefficient (Wildman–Crippen LogP) is 10.0. The average molecular weight is 501 g/mol. The Bertz CT molecular complexity index is 2370. The van der Waals surface area contributed by atoms with Crippen LogP contribution in [-0.2, 0) is 0 Å². The van der Waals surface area contributed by atoms with Crippen LogP contribution in [0, 0.1) is 0 Å². The minimum Gasteiger partial charge on any atom is -0.309 e. The van der Waals surface area contributed by atoms with E-state index in [9.17, 15) is 0 Å². The molecule has 9 rings (SSSR count). The largest absolute Gasteiger partial charge is 0.309 e. The molecular formula is C35H20N2S. The van der Waals surface area contributed by atoms with Gasteiger partial charge in [-0.3, -0.25) is 0 Å². The molecule has 0 fully saturated rings. The van der Waals surface area contributed by atoms with Crippen molar-refractivity contribution in [3.63, 3.8) is 0 Å². The van der Waals surface area contributed by atoms with Gasteiger partial charge in [0.25, 0.3) is 0 Å². The van der Waals surface area contributed by atoms with Crippen LogP contribution in [0.5, 0.6) is 0 Å². The highest BCUT2D eigenvalue weighted by atomic mass is 32.1. The van der Waals surface area contributed by atoms with Gasteiger partial charge in [-0.2, -0.15) is 0 Å². The van der Waals surface area contributed by atoms with Crippen molar-refractivity contribution < 1.29 is 0 Å². The number of hydrogen-bond acceptors (Lipinski definition) is 2. The van der Waals surface area contributed by atoms with Crippen LogP contribution in [0.3, 0.4) is 0 Å². The highest BCUT2D eigenvalue weighted by molar-refractivity contribution is 7.25. The molecule has 176 valence electrons. The van der Waals surface area contributed by atoms with E-state index in [0.29, 0.717) is 0 Å². The van der Waals surface area contributed by atoms with Crippen LogP contribution in [-0.4, -0.2) is 9.55 Å². The first-order valence-corrected chi connectivity index (χ1v) is 13.7. The molecular weight excluding hydrogens is 480 g/mol. The summed E-state index contributed by atoms with van der Waals surface area (Å²) in [6.45, 7) is 0. The van der Waals surface area contributed by atoms with Crippen molar-refractivity contribution in [2.24, 2.45) is 0 Å². The summed E-state index contributed by atoms with van der Waals surface area (Å²) in [5, 5.41) is 12.8. The molecule has 0 saturated heterocycles. The zero-order valence-corrected chi connectivity index (χ0v) is 21.2. The topological polar surface area (TPSA) is 17.8 Å². The molecule has 0 N–H and O–H groups in total. The number of para-hydroxylation sites is 1. The van der Waals surface area contributed by atoms with Crippen molar-refractivity contribution in [1.29, 1.82) is 0 Å². The molecule has 0 spiro atoms. The van der Waals surface area contributed by atoms with Crippen LogP contribution in [0.25, 0.3) is 80.1 Å². The highest BCUT2D eigenvalue weighted by Crippen LogP contribution is 2.43. The van der Waals surface area contributed by atoms with Crippen LogP contribution in [0.2, 0.25) is 0 Å². The summed E-state index contributed by atoms with van der Waals surface area (Å²) in [6.07, 6.45) is 1.89. The second kappa shape index (κ2) is 7.41. The third-order valence-electron chi connectivity index (χ3n) is 8.03. The van der Waals surface area contributed by atoms with E-state index in [1.165, 1.54) is 75.3 Å². The summed E-state index contributed by atoms with van der Waals surface area (Å²) < 4.78 is 3.74. The van der Waals surface area contributed by atoms with Gasteiger partial charge in [-0.05, 0) is 68.7 Å². The number of pyridine rings is 1. The second-order valence-electron chi connectivity index (χ2n) is 9.97. The molecule has 2 nitrogen and oxygen atoms in total. The van der Waals surface area contributed by atoms with Gasteiger partial charge in [-0.1, -0.05) is 78.9 Å². The van der Waals surface area contributed by atoms with Crippen LogP contribution in [0.4, 0.5) is 0 Å². The Balaban J connectivity index is 1.50. The normalized spacial score (nSPS) is 12.2. The van der Waals surface area contributed by atoms with Crippen LogP contribution >= 0.6 is 11.3 Å². The molecule has 6 aromatic carbocycles. The number of hydrogen-bond donors (Lipinski definition) is 0. The maximum Gasteiger partial charge on any atom is 0.124 e. The Morgan fingerprint density at radius 2 is 1.11 bits per heavy atom. The molecule has 0 unspecified atom stereocenters. The minimum absolute atomic E-state index is 1.09. The summed E-state index contributed by atoms with van der Waals surface area (Å²) in [6, 6.07) is 42.2. The summed E-state index contributed by atoms with van der Waals surface area (Å²) in [7, 11) is 0. The van der Waals surface area contributed by atoms with Crippen molar-refractivity contribution in [3.05, 3.63) is 121 Å². The number of aromatic nitrogens is 2. The van der Waals surface area contributed by atoms with Gasteiger partial charge in [-0.25, -0.2) is 4.98 Å². The lowest BCUT2D eigenvalue weighted by molar-refractivity contribution is 1.19. The molecule has 0 amide bonds. The third-order valence-corrected chi connectivity index (χ3v) is 9.11. The summed E-state index contributed by atoms with van der Waals surface area (Å²) in [5.74, 6) is 0. The van der Waals surface area contributed by atoms with Crippen molar-refractivity contribution in [2.75, 3.05) is 0 Å². The maximum absolute atomic E-state index is 4.69. The van der Waals surface area contributed by atoms with Crippen molar-refractivity contribution in [2.45, 2.75) is 0 Å². The Labute approximate surface area is 222 Å². The quantitative estimate of drug-likeness (QED) is 0.205. The molecule has 0 aliphatic rings. The van der Waals surface area contributed by atoms with E-state index in [4.69, 9.17) is 4.98 Å². The number of fused-ring (bicyclic) bond motifs is 13. The van der Waals surface area contributed by atoms with E-state index in [1.807, 2.05) is 12.3 Å². The monoisotopic (exact) mass is 500 g/mol. The predicted molar refractivity (Wildman–Crippen MR) is 164 cm³/mol. The maximum atomic E-state index is 4.69. The molecule has 9 aromatic rings. The van der Waals surface area contributed by atoms with Gasteiger partial charge in [0.1, 0.15) is 4.83 Å². The zero-order chi connectivity index (χ0) is 24.8. The van der Waals surface area contributed by atoms with Crippen molar-refractivity contribution in [1.82, 2.24) is 9.55 Å². The molecule has 0 aliphatic carbocycles. The van der Waals surface area contributed by atoms with E-state index in [2.05, 4.69) is 114 Å². The Morgan fingerprint density at radius 1 is 0.500 bits per heavy atom. The summed E-state index contributed by atoms with van der Waals surface area (Å²) in [5.41, 5.74) is 3.66. The highest BCUT2D eigenvalue weighted by Gasteiger charge is 2.19. The van der Waals surface area contributed by atoms with E-state index in [0.717, 1.165) is 4.83 Å². The standard InChI is InChI=1S/C35H20N2S/c1-2-10-24-22(8-1)23-9-3-4-11-25(23)30-20-21(15-16-26(24)30)37-31-14-6-5-12-27(31)28-17-18-32-33(34(28)37)29-13-7-19-36-35(29)38-32/h1-20H. The lowest BCUT2D eigenvalue weighted by Gasteiger charge is -2.14. The van der Waals surface area contributed by atoms with Gasteiger partial charge < -0.3 is 4.57 Å². The number of rotatable bonds is 1. The van der Waals surface area contributed by atoms with E-state index >= 15 is 0 Å². The number of benzene rings is 6. The lowest BCUT2D eigenvalue weighted by Crippen LogP contribution is -1.95. The molecule has 3 heteroatoms. The van der Waals surface area contributed by atoms with Gasteiger partial charge in [0.2, 0.25) is 0 Å². The first kappa shape index (κ1) is 20.3. The summed E-state index contributed by atoms with van der Waals surface area (Å²) in [4.78, 5) is 5.78. The van der Waals surface area contributed by atoms with Crippen LogP contribution in [0.1, 0.15) is 0 Å². The van der Waals surface area contributed by atoms with Crippen LogP contribution < -0.4 is 0 Å². The van der Waals surface area contributed by atoms with Gasteiger partial charge in [0, 0.05) is 38.1 Å². The molecule has 0 atom stereocenters. The van der Waals surface area contributed by atoms with Gasteiger partial charge in [0.05, 0.1) is 11.0 Å². The first-order valence-electron chi connectivity index (χ1n) is 12.9. The second-order valence-corrected chi connectivity index (χ2v) is 11.0. The summed E-state index contributed by atoms with van der Waals surface area (Å²) >= 11 is 1.77. The Kier molecular flexibility index (Phi) is 3.96. The van der Waals surface area contributed by atoms with E-state index in [1.54, 1.807) is 11.3 Å². The van der Waals surface area contributed by atoms with Gasteiger partial charge in [-0.15, -0.1) is 11.3 Å². The SMILES string of the molecule is c1ccc2c(c1)c1ccccc1c1cc(-n3c4ccccc4c4ccc5sc6ncccc6c5c43)ccc21. The van der Waals surface area contributed by atoms with Crippen LogP contribution in [0.15, 0.2) is 121 Å². The van der Waals surface area contributed by atoms with Gasteiger partial charge >= 0.3 is 0 Å². The molecule has 0 bridgehead atoms. The Hall–Kier alpha value is -4.73. The van der Waals surface area contributed by atoms with Crippen molar-refractivity contribution >= 4 is 85.8 Å². The molecule has 3 aromatic heterocycles. The van der Waals surface area contributed by atoms with Crippen molar-refractivity contribution in [3.8, 4) is 5.69 Å². The minimum atomic E-state index is 1.09. The smallest absolute Gasteiger partial charge is 0.124 e. The van der Waals surface area contributed by atoms with E-state index in [-0.39, 0.29) is 0 Å².